The SMILES string of the molecule is Cc1cc(-c2oc3ccncc3c2Oc2ccccc2)ccn1. The highest BCUT2D eigenvalue weighted by Crippen LogP contribution is 2.41. The van der Waals surface area contributed by atoms with E-state index in [4.69, 9.17) is 9.15 Å². The van der Waals surface area contributed by atoms with Gasteiger partial charge in [0.1, 0.15) is 11.3 Å². The Labute approximate surface area is 133 Å². The van der Waals surface area contributed by atoms with E-state index >= 15 is 0 Å². The van der Waals surface area contributed by atoms with Crippen molar-refractivity contribution in [3.63, 3.8) is 0 Å². The standard InChI is InChI=1S/C19H14N2O2/c1-13-11-14(7-10-21-13)18-19(22-15-5-3-2-4-6-15)16-12-20-9-8-17(16)23-18/h2-12H,1H3. The van der Waals surface area contributed by atoms with Crippen molar-refractivity contribution in [2.75, 3.05) is 0 Å². The van der Waals surface area contributed by atoms with Gasteiger partial charge in [0.2, 0.25) is 0 Å². The molecule has 0 atom stereocenters. The van der Waals surface area contributed by atoms with E-state index in [-0.39, 0.29) is 0 Å². The normalized spacial score (nSPS) is 10.8. The summed E-state index contributed by atoms with van der Waals surface area (Å²) in [6, 6.07) is 15.4. The molecule has 0 aliphatic carbocycles. The Morgan fingerprint density at radius 1 is 1.00 bits per heavy atom. The van der Waals surface area contributed by atoms with Gasteiger partial charge in [-0.25, -0.2) is 0 Å². The number of benzene rings is 1. The Bertz CT molecular complexity index is 961. The molecule has 3 aromatic heterocycles. The van der Waals surface area contributed by atoms with Gasteiger partial charge >= 0.3 is 0 Å². The summed E-state index contributed by atoms with van der Waals surface area (Å²) in [6.45, 7) is 1.95. The molecule has 0 N–H and O–H groups in total. The minimum Gasteiger partial charge on any atom is -0.453 e. The molecule has 0 saturated carbocycles. The van der Waals surface area contributed by atoms with Gasteiger partial charge in [-0.15, -0.1) is 0 Å². The summed E-state index contributed by atoms with van der Waals surface area (Å²) in [5, 5.41) is 0.848. The maximum atomic E-state index is 6.10. The summed E-state index contributed by atoms with van der Waals surface area (Å²) >= 11 is 0. The van der Waals surface area contributed by atoms with Crippen molar-refractivity contribution in [2.45, 2.75) is 6.92 Å². The van der Waals surface area contributed by atoms with Gasteiger partial charge in [-0.1, -0.05) is 18.2 Å². The number of ether oxygens (including phenoxy) is 1. The second-order valence-electron chi connectivity index (χ2n) is 5.23. The molecule has 4 heteroatoms. The second kappa shape index (κ2) is 5.57. The molecule has 0 unspecified atom stereocenters. The van der Waals surface area contributed by atoms with Gasteiger partial charge < -0.3 is 9.15 Å². The van der Waals surface area contributed by atoms with Crippen LogP contribution >= 0.6 is 0 Å². The third-order valence-corrected chi connectivity index (χ3v) is 3.57. The van der Waals surface area contributed by atoms with Crippen molar-refractivity contribution >= 4 is 11.0 Å². The van der Waals surface area contributed by atoms with Crippen LogP contribution in [0.15, 0.2) is 71.5 Å². The smallest absolute Gasteiger partial charge is 0.183 e. The van der Waals surface area contributed by atoms with E-state index in [1.165, 1.54) is 0 Å². The van der Waals surface area contributed by atoms with Crippen LogP contribution in [0.3, 0.4) is 0 Å². The molecule has 0 spiro atoms. The molecule has 0 fully saturated rings. The fourth-order valence-corrected chi connectivity index (χ4v) is 2.50. The molecule has 23 heavy (non-hydrogen) atoms. The third kappa shape index (κ3) is 2.55. The lowest BCUT2D eigenvalue weighted by Gasteiger charge is -2.06. The molecule has 0 saturated heterocycles. The number of aryl methyl sites for hydroxylation is 1. The van der Waals surface area contributed by atoms with Crippen molar-refractivity contribution in [3.05, 3.63) is 72.8 Å². The minimum absolute atomic E-state index is 0.671. The molecule has 112 valence electrons. The molecule has 0 amide bonds. The highest BCUT2D eigenvalue weighted by molar-refractivity contribution is 5.91. The molecule has 4 aromatic rings. The molecule has 0 radical (unpaired) electrons. The summed E-state index contributed by atoms with van der Waals surface area (Å²) < 4.78 is 12.1. The lowest BCUT2D eigenvalue weighted by molar-refractivity contribution is 0.477. The van der Waals surface area contributed by atoms with Crippen LogP contribution in [0.25, 0.3) is 22.3 Å². The van der Waals surface area contributed by atoms with Crippen LogP contribution in [0.4, 0.5) is 0 Å². The molecule has 1 aromatic carbocycles. The first-order chi connectivity index (χ1) is 11.3. The van der Waals surface area contributed by atoms with Crippen molar-refractivity contribution in [1.82, 2.24) is 9.97 Å². The zero-order valence-corrected chi connectivity index (χ0v) is 12.6. The number of aromatic nitrogens is 2. The average molecular weight is 302 g/mol. The summed E-state index contributed by atoms with van der Waals surface area (Å²) in [4.78, 5) is 8.43. The van der Waals surface area contributed by atoms with Crippen LogP contribution in [0.2, 0.25) is 0 Å². The minimum atomic E-state index is 0.671. The fourth-order valence-electron chi connectivity index (χ4n) is 2.50. The van der Waals surface area contributed by atoms with E-state index in [0.717, 1.165) is 28.0 Å². The number of nitrogens with zero attached hydrogens (tertiary/aromatic N) is 2. The lowest BCUT2D eigenvalue weighted by Crippen LogP contribution is -1.87. The van der Waals surface area contributed by atoms with Crippen LogP contribution in [0, 0.1) is 6.92 Å². The Kier molecular flexibility index (Phi) is 3.27. The molecule has 4 rings (SSSR count). The van der Waals surface area contributed by atoms with Gasteiger partial charge in [-0.05, 0) is 37.3 Å². The molecule has 0 aliphatic heterocycles. The zero-order valence-electron chi connectivity index (χ0n) is 12.6. The van der Waals surface area contributed by atoms with Gasteiger partial charge in [-0.2, -0.15) is 0 Å². The Morgan fingerprint density at radius 3 is 2.70 bits per heavy atom. The summed E-state index contributed by atoms with van der Waals surface area (Å²) in [6.07, 6.45) is 5.23. The molecule has 0 aliphatic rings. The first-order valence-corrected chi connectivity index (χ1v) is 7.34. The molecule has 0 bridgehead atoms. The van der Waals surface area contributed by atoms with Gasteiger partial charge in [0, 0.05) is 29.8 Å². The fraction of sp³-hybridized carbons (Fsp3) is 0.0526. The number of hydrogen-bond acceptors (Lipinski definition) is 4. The van der Waals surface area contributed by atoms with E-state index in [1.54, 1.807) is 18.6 Å². The first kappa shape index (κ1) is 13.5. The highest BCUT2D eigenvalue weighted by Gasteiger charge is 2.18. The highest BCUT2D eigenvalue weighted by atomic mass is 16.5. The summed E-state index contributed by atoms with van der Waals surface area (Å²) in [5.74, 6) is 2.11. The Hall–Kier alpha value is -3.14. The van der Waals surface area contributed by atoms with Gasteiger partial charge in [0.15, 0.2) is 11.5 Å². The predicted molar refractivity (Wildman–Crippen MR) is 88.5 cm³/mol. The third-order valence-electron chi connectivity index (χ3n) is 3.57. The Balaban J connectivity index is 1.91. The van der Waals surface area contributed by atoms with Crippen LogP contribution < -0.4 is 4.74 Å². The molecular formula is C19H14N2O2. The lowest BCUT2D eigenvalue weighted by atomic mass is 10.1. The number of para-hydroxylation sites is 1. The van der Waals surface area contributed by atoms with Crippen LogP contribution in [0.5, 0.6) is 11.5 Å². The summed E-state index contributed by atoms with van der Waals surface area (Å²) in [5.41, 5.74) is 2.60. The van der Waals surface area contributed by atoms with E-state index in [0.29, 0.717) is 11.5 Å². The number of fused-ring (bicyclic) bond motifs is 1. The van der Waals surface area contributed by atoms with Gasteiger partial charge in [-0.3, -0.25) is 9.97 Å². The quantitative estimate of drug-likeness (QED) is 0.535. The van der Waals surface area contributed by atoms with Crippen LogP contribution in [-0.4, -0.2) is 9.97 Å². The van der Waals surface area contributed by atoms with E-state index in [9.17, 15) is 0 Å². The van der Waals surface area contributed by atoms with E-state index in [1.807, 2.05) is 55.5 Å². The first-order valence-electron chi connectivity index (χ1n) is 7.34. The number of furan rings is 1. The van der Waals surface area contributed by atoms with Crippen molar-refractivity contribution in [3.8, 4) is 22.8 Å². The maximum Gasteiger partial charge on any atom is 0.183 e. The van der Waals surface area contributed by atoms with Gasteiger partial charge in [0.05, 0.1) is 5.39 Å². The topological polar surface area (TPSA) is 48.2 Å². The largest absolute Gasteiger partial charge is 0.453 e. The summed E-state index contributed by atoms with van der Waals surface area (Å²) in [7, 11) is 0. The van der Waals surface area contributed by atoms with E-state index in [2.05, 4.69) is 9.97 Å². The van der Waals surface area contributed by atoms with Crippen molar-refractivity contribution in [2.24, 2.45) is 0 Å². The van der Waals surface area contributed by atoms with E-state index < -0.39 is 0 Å². The maximum absolute atomic E-state index is 6.10. The van der Waals surface area contributed by atoms with Crippen molar-refractivity contribution in [1.29, 1.82) is 0 Å². The number of pyridine rings is 2. The zero-order chi connectivity index (χ0) is 15.6. The molecular weight excluding hydrogens is 288 g/mol. The predicted octanol–water partition coefficient (Wildman–Crippen LogP) is 4.99. The Morgan fingerprint density at radius 2 is 1.87 bits per heavy atom. The number of rotatable bonds is 3. The molecule has 4 nitrogen and oxygen atoms in total. The second-order valence-corrected chi connectivity index (χ2v) is 5.23. The average Bonchev–Trinajstić information content (AvgIpc) is 2.95. The van der Waals surface area contributed by atoms with Crippen LogP contribution in [0.1, 0.15) is 5.69 Å². The van der Waals surface area contributed by atoms with Crippen molar-refractivity contribution < 1.29 is 9.15 Å². The number of hydrogen-bond donors (Lipinski definition) is 0. The molecule has 3 heterocycles. The monoisotopic (exact) mass is 302 g/mol. The van der Waals surface area contributed by atoms with Crippen LogP contribution in [-0.2, 0) is 0 Å². The van der Waals surface area contributed by atoms with Gasteiger partial charge in [0.25, 0.3) is 0 Å².